The van der Waals surface area contributed by atoms with Gasteiger partial charge in [0.1, 0.15) is 0 Å². The van der Waals surface area contributed by atoms with Gasteiger partial charge in [-0.2, -0.15) is 0 Å². The fourth-order valence-electron chi connectivity index (χ4n) is 4.04. The van der Waals surface area contributed by atoms with Crippen molar-refractivity contribution in [1.82, 2.24) is 9.88 Å². The lowest BCUT2D eigenvalue weighted by atomic mass is 10.1. The molecule has 0 unspecified atom stereocenters. The van der Waals surface area contributed by atoms with Crippen molar-refractivity contribution >= 4 is 17.5 Å². The van der Waals surface area contributed by atoms with Gasteiger partial charge in [0, 0.05) is 42.7 Å². The molecule has 1 aromatic heterocycles. The van der Waals surface area contributed by atoms with E-state index >= 15 is 0 Å². The van der Waals surface area contributed by atoms with Crippen LogP contribution in [0.2, 0.25) is 0 Å². The first-order chi connectivity index (χ1) is 12.2. The smallest absolute Gasteiger partial charge is 0.254 e. The number of nitrogens with one attached hydrogen (secondary N) is 1. The molecule has 0 bridgehead atoms. The van der Waals surface area contributed by atoms with Gasteiger partial charge in [-0.15, -0.1) is 0 Å². The number of carbonyl (C=O) groups excluding carboxylic acids is 2. The summed E-state index contributed by atoms with van der Waals surface area (Å²) in [5.74, 6) is 0.226. The van der Waals surface area contributed by atoms with E-state index in [0.29, 0.717) is 13.0 Å². The molecule has 1 atom stereocenters. The predicted octanol–water partition coefficient (Wildman–Crippen LogP) is 3.29. The number of rotatable bonds is 3. The van der Waals surface area contributed by atoms with Gasteiger partial charge in [0.25, 0.3) is 5.91 Å². The number of likely N-dealkylation sites (tertiary alicyclic amines) is 1. The van der Waals surface area contributed by atoms with Crippen molar-refractivity contribution in [3.8, 4) is 0 Å². The number of anilines is 1. The van der Waals surface area contributed by atoms with E-state index in [1.165, 1.54) is 0 Å². The first kappa shape index (κ1) is 15.9. The van der Waals surface area contributed by atoms with Crippen molar-refractivity contribution in [2.75, 3.05) is 18.0 Å². The number of amides is 2. The molecule has 5 heteroatoms. The van der Waals surface area contributed by atoms with Crippen LogP contribution in [0.5, 0.6) is 0 Å². The highest BCUT2D eigenvalue weighted by molar-refractivity contribution is 5.98. The van der Waals surface area contributed by atoms with Crippen molar-refractivity contribution in [2.45, 2.75) is 38.6 Å². The van der Waals surface area contributed by atoms with Crippen molar-refractivity contribution in [3.63, 3.8) is 0 Å². The van der Waals surface area contributed by atoms with E-state index in [0.717, 1.165) is 48.3 Å². The van der Waals surface area contributed by atoms with Crippen LogP contribution in [0, 0.1) is 0 Å². The topological polar surface area (TPSA) is 56.4 Å². The minimum Gasteiger partial charge on any atom is -0.363 e. The molecule has 1 aromatic carbocycles. The first-order valence-electron chi connectivity index (χ1n) is 9.06. The van der Waals surface area contributed by atoms with Crippen LogP contribution in [-0.2, 0) is 11.2 Å². The standard InChI is InChI=1S/C20H23N3O2/c1-2-19(24)22-12-9-14-13-15(7-8-17(14)22)20(25)23-11-4-6-18(23)16-5-3-10-21-16/h3,5,7-8,10,13,18,21H,2,4,6,9,11-12H2,1H3/t18-/m1/s1. The number of H-pyrrole nitrogens is 1. The molecule has 1 fully saturated rings. The van der Waals surface area contributed by atoms with Crippen LogP contribution in [0.25, 0.3) is 0 Å². The van der Waals surface area contributed by atoms with Crippen molar-refractivity contribution in [3.05, 3.63) is 53.3 Å². The Morgan fingerprint density at radius 3 is 2.88 bits per heavy atom. The average Bonchev–Trinajstić information content (AvgIpc) is 3.39. The highest BCUT2D eigenvalue weighted by Crippen LogP contribution is 2.34. The summed E-state index contributed by atoms with van der Waals surface area (Å²) in [6.45, 7) is 3.39. The number of nitrogens with zero attached hydrogens (tertiary/aromatic N) is 2. The predicted molar refractivity (Wildman–Crippen MR) is 96.6 cm³/mol. The van der Waals surface area contributed by atoms with E-state index in [4.69, 9.17) is 0 Å². The second-order valence-electron chi connectivity index (χ2n) is 6.77. The maximum atomic E-state index is 13.1. The summed E-state index contributed by atoms with van der Waals surface area (Å²) in [5.41, 5.74) is 3.89. The monoisotopic (exact) mass is 337 g/mol. The van der Waals surface area contributed by atoms with E-state index in [9.17, 15) is 9.59 Å². The largest absolute Gasteiger partial charge is 0.363 e. The molecule has 1 N–H and O–H groups in total. The molecule has 3 heterocycles. The second kappa shape index (κ2) is 6.39. The number of aromatic nitrogens is 1. The van der Waals surface area contributed by atoms with Gasteiger partial charge in [-0.05, 0) is 55.2 Å². The summed E-state index contributed by atoms with van der Waals surface area (Å²) in [5, 5.41) is 0. The summed E-state index contributed by atoms with van der Waals surface area (Å²) in [6.07, 6.45) is 5.26. The van der Waals surface area contributed by atoms with E-state index < -0.39 is 0 Å². The number of fused-ring (bicyclic) bond motifs is 1. The Balaban J connectivity index is 1.58. The normalized spacial score (nSPS) is 19.3. The molecule has 0 saturated carbocycles. The molecule has 0 radical (unpaired) electrons. The van der Waals surface area contributed by atoms with Crippen LogP contribution in [0.1, 0.15) is 53.8 Å². The maximum Gasteiger partial charge on any atom is 0.254 e. The molecule has 2 aliphatic heterocycles. The fraction of sp³-hybridized carbons (Fsp3) is 0.400. The third-order valence-corrected chi connectivity index (χ3v) is 5.32. The van der Waals surface area contributed by atoms with Gasteiger partial charge >= 0.3 is 0 Å². The number of aromatic amines is 1. The Morgan fingerprint density at radius 1 is 1.24 bits per heavy atom. The molecule has 1 saturated heterocycles. The summed E-state index contributed by atoms with van der Waals surface area (Å²) < 4.78 is 0. The van der Waals surface area contributed by atoms with Gasteiger partial charge in [0.15, 0.2) is 0 Å². The van der Waals surface area contributed by atoms with Crippen LogP contribution in [-0.4, -0.2) is 34.8 Å². The quantitative estimate of drug-likeness (QED) is 0.934. The molecule has 130 valence electrons. The van der Waals surface area contributed by atoms with Crippen molar-refractivity contribution < 1.29 is 9.59 Å². The zero-order valence-corrected chi connectivity index (χ0v) is 14.5. The van der Waals surface area contributed by atoms with Gasteiger partial charge in [0.2, 0.25) is 5.91 Å². The molecule has 2 amide bonds. The molecule has 2 aliphatic rings. The van der Waals surface area contributed by atoms with Crippen LogP contribution >= 0.6 is 0 Å². The number of carbonyl (C=O) groups is 2. The first-order valence-corrected chi connectivity index (χ1v) is 9.06. The maximum absolute atomic E-state index is 13.1. The molecular formula is C20H23N3O2. The highest BCUT2D eigenvalue weighted by Gasteiger charge is 2.32. The number of hydrogen-bond donors (Lipinski definition) is 1. The van der Waals surface area contributed by atoms with Gasteiger partial charge in [0.05, 0.1) is 6.04 Å². The average molecular weight is 337 g/mol. The Kier molecular flexibility index (Phi) is 4.07. The minimum atomic E-state index is 0.0835. The molecule has 4 rings (SSSR count). The third-order valence-electron chi connectivity index (χ3n) is 5.32. The summed E-state index contributed by atoms with van der Waals surface area (Å²) >= 11 is 0. The molecule has 25 heavy (non-hydrogen) atoms. The Morgan fingerprint density at radius 2 is 2.12 bits per heavy atom. The van der Waals surface area contributed by atoms with Crippen molar-refractivity contribution in [2.24, 2.45) is 0 Å². The zero-order chi connectivity index (χ0) is 17.4. The molecule has 5 nitrogen and oxygen atoms in total. The van der Waals surface area contributed by atoms with Crippen molar-refractivity contribution in [1.29, 1.82) is 0 Å². The van der Waals surface area contributed by atoms with Gasteiger partial charge in [-0.3, -0.25) is 9.59 Å². The summed E-state index contributed by atoms with van der Waals surface area (Å²) in [7, 11) is 0. The molecule has 0 aliphatic carbocycles. The van der Waals surface area contributed by atoms with Crippen LogP contribution in [0.3, 0.4) is 0 Å². The van der Waals surface area contributed by atoms with E-state index in [1.807, 2.05) is 53.3 Å². The SMILES string of the molecule is CCC(=O)N1CCc2cc(C(=O)N3CCC[C@@H]3c3ccc[nH]3)ccc21. The Labute approximate surface area is 147 Å². The van der Waals surface area contributed by atoms with E-state index in [1.54, 1.807) is 0 Å². The van der Waals surface area contributed by atoms with E-state index in [-0.39, 0.29) is 17.9 Å². The van der Waals surface area contributed by atoms with E-state index in [2.05, 4.69) is 4.98 Å². The van der Waals surface area contributed by atoms with Crippen LogP contribution < -0.4 is 4.90 Å². The fourth-order valence-corrected chi connectivity index (χ4v) is 4.04. The second-order valence-corrected chi connectivity index (χ2v) is 6.77. The molecule has 2 aromatic rings. The van der Waals surface area contributed by atoms with Crippen LogP contribution in [0.15, 0.2) is 36.5 Å². The summed E-state index contributed by atoms with van der Waals surface area (Å²) in [4.78, 5) is 32.1. The highest BCUT2D eigenvalue weighted by atomic mass is 16.2. The lowest BCUT2D eigenvalue weighted by Crippen LogP contribution is -2.31. The lowest BCUT2D eigenvalue weighted by Gasteiger charge is -2.24. The van der Waals surface area contributed by atoms with Gasteiger partial charge < -0.3 is 14.8 Å². The third kappa shape index (κ3) is 2.73. The minimum absolute atomic E-state index is 0.0835. The zero-order valence-electron chi connectivity index (χ0n) is 14.5. The Hall–Kier alpha value is -2.56. The van der Waals surface area contributed by atoms with Gasteiger partial charge in [-0.1, -0.05) is 6.92 Å². The van der Waals surface area contributed by atoms with Gasteiger partial charge in [-0.25, -0.2) is 0 Å². The molecular weight excluding hydrogens is 314 g/mol. The Bertz CT molecular complexity index is 797. The number of benzene rings is 1. The molecule has 0 spiro atoms. The lowest BCUT2D eigenvalue weighted by molar-refractivity contribution is -0.118. The summed E-state index contributed by atoms with van der Waals surface area (Å²) in [6, 6.07) is 9.94. The number of hydrogen-bond acceptors (Lipinski definition) is 2. The van der Waals surface area contributed by atoms with Crippen LogP contribution in [0.4, 0.5) is 5.69 Å².